The number of aromatic amines is 1. The van der Waals surface area contributed by atoms with Crippen molar-refractivity contribution in [1.29, 1.82) is 0 Å². The van der Waals surface area contributed by atoms with Gasteiger partial charge in [0.2, 0.25) is 5.91 Å². The highest BCUT2D eigenvalue weighted by molar-refractivity contribution is 5.87. The smallest absolute Gasteiger partial charge is 0.224 e. The third-order valence-corrected chi connectivity index (χ3v) is 4.54. The van der Waals surface area contributed by atoms with E-state index in [1.165, 1.54) is 12.8 Å². The molecule has 5 heteroatoms. The molecule has 0 radical (unpaired) electrons. The molecule has 0 atom stereocenters. The molecule has 0 saturated heterocycles. The zero-order valence-electron chi connectivity index (χ0n) is 12.8. The summed E-state index contributed by atoms with van der Waals surface area (Å²) in [5.41, 5.74) is 1.01. The van der Waals surface area contributed by atoms with Crippen molar-refractivity contribution < 1.29 is 9.90 Å². The zero-order chi connectivity index (χ0) is 15.4. The van der Waals surface area contributed by atoms with Crippen molar-refractivity contribution in [2.24, 2.45) is 0 Å². The number of hydrogen-bond acceptors (Lipinski definition) is 3. The Balaban J connectivity index is 1.58. The summed E-state index contributed by atoms with van der Waals surface area (Å²) in [6.45, 7) is 0.354. The van der Waals surface area contributed by atoms with Gasteiger partial charge < -0.3 is 15.4 Å². The minimum Gasteiger partial charge on any atom is -0.388 e. The van der Waals surface area contributed by atoms with E-state index in [2.05, 4.69) is 15.3 Å². The summed E-state index contributed by atoms with van der Waals surface area (Å²) < 4.78 is 0. The van der Waals surface area contributed by atoms with Gasteiger partial charge >= 0.3 is 0 Å². The summed E-state index contributed by atoms with van der Waals surface area (Å²) in [5.74, 6) is -0.0533. The van der Waals surface area contributed by atoms with Crippen molar-refractivity contribution in [1.82, 2.24) is 15.3 Å². The number of aromatic nitrogens is 2. The molecule has 2 heterocycles. The van der Waals surface area contributed by atoms with Crippen molar-refractivity contribution >= 4 is 16.9 Å². The minimum atomic E-state index is -0.728. The van der Waals surface area contributed by atoms with E-state index in [1.807, 2.05) is 18.3 Å². The van der Waals surface area contributed by atoms with E-state index in [9.17, 15) is 9.90 Å². The Morgan fingerprint density at radius 1 is 1.32 bits per heavy atom. The summed E-state index contributed by atoms with van der Waals surface area (Å²) in [6, 6.07) is 3.83. The van der Waals surface area contributed by atoms with Crippen LogP contribution in [0.4, 0.5) is 0 Å². The topological polar surface area (TPSA) is 78.0 Å². The van der Waals surface area contributed by atoms with Gasteiger partial charge in [0.05, 0.1) is 12.0 Å². The Hall–Kier alpha value is -1.88. The van der Waals surface area contributed by atoms with Crippen LogP contribution in [0.3, 0.4) is 0 Å². The second-order valence-corrected chi connectivity index (χ2v) is 6.31. The minimum absolute atomic E-state index is 0.0533. The monoisotopic (exact) mass is 301 g/mol. The van der Waals surface area contributed by atoms with Gasteiger partial charge in [-0.05, 0) is 30.5 Å². The second-order valence-electron chi connectivity index (χ2n) is 6.31. The van der Waals surface area contributed by atoms with Crippen LogP contribution in [0.5, 0.6) is 0 Å². The molecule has 1 aliphatic rings. The number of nitrogens with zero attached hydrogens (tertiary/aromatic N) is 1. The maximum Gasteiger partial charge on any atom is 0.224 e. The molecular weight excluding hydrogens is 278 g/mol. The van der Waals surface area contributed by atoms with Crippen LogP contribution < -0.4 is 5.32 Å². The van der Waals surface area contributed by atoms with E-state index in [1.54, 1.807) is 6.20 Å². The van der Waals surface area contributed by atoms with Crippen LogP contribution in [-0.2, 0) is 11.2 Å². The molecule has 118 valence electrons. The zero-order valence-corrected chi connectivity index (χ0v) is 12.8. The van der Waals surface area contributed by atoms with Crippen molar-refractivity contribution in [2.75, 3.05) is 6.54 Å². The normalized spacial score (nSPS) is 18.0. The highest BCUT2D eigenvalue weighted by atomic mass is 16.3. The number of fused-ring (bicyclic) bond motifs is 1. The van der Waals surface area contributed by atoms with Crippen molar-refractivity contribution in [3.8, 4) is 0 Å². The lowest BCUT2D eigenvalue weighted by molar-refractivity contribution is -0.121. The maximum atomic E-state index is 12.2. The van der Waals surface area contributed by atoms with Crippen LogP contribution in [0, 0.1) is 0 Å². The molecule has 0 aromatic carbocycles. The molecule has 0 aliphatic heterocycles. The molecule has 3 N–H and O–H groups in total. The second kappa shape index (κ2) is 6.48. The first-order valence-electron chi connectivity index (χ1n) is 8.06. The fourth-order valence-electron chi connectivity index (χ4n) is 3.22. The van der Waals surface area contributed by atoms with Crippen LogP contribution >= 0.6 is 0 Å². The van der Waals surface area contributed by atoms with Gasteiger partial charge in [-0.2, -0.15) is 0 Å². The van der Waals surface area contributed by atoms with Crippen LogP contribution in [0.1, 0.15) is 44.1 Å². The van der Waals surface area contributed by atoms with Crippen LogP contribution in [-0.4, -0.2) is 33.1 Å². The molecule has 2 aromatic rings. The average molecular weight is 301 g/mol. The summed E-state index contributed by atoms with van der Waals surface area (Å²) in [6.07, 6.45) is 9.87. The van der Waals surface area contributed by atoms with Gasteiger partial charge in [0.25, 0.3) is 0 Å². The first kappa shape index (κ1) is 15.0. The van der Waals surface area contributed by atoms with Crippen molar-refractivity contribution in [2.45, 2.75) is 50.5 Å². The Bertz CT molecular complexity index is 642. The van der Waals surface area contributed by atoms with Gasteiger partial charge in [-0.15, -0.1) is 0 Å². The quantitative estimate of drug-likeness (QED) is 0.758. The Labute approximate surface area is 130 Å². The van der Waals surface area contributed by atoms with Gasteiger partial charge in [0, 0.05) is 24.3 Å². The molecule has 1 fully saturated rings. The molecule has 2 aromatic heterocycles. The van der Waals surface area contributed by atoms with E-state index < -0.39 is 5.60 Å². The highest BCUT2D eigenvalue weighted by Gasteiger charge is 2.28. The van der Waals surface area contributed by atoms with Crippen molar-refractivity contribution in [3.63, 3.8) is 0 Å². The van der Waals surface area contributed by atoms with Gasteiger partial charge in [-0.3, -0.25) is 4.79 Å². The van der Waals surface area contributed by atoms with Gasteiger partial charge in [-0.1, -0.05) is 25.7 Å². The molecule has 1 amide bonds. The van der Waals surface area contributed by atoms with Gasteiger partial charge in [0.15, 0.2) is 0 Å². The van der Waals surface area contributed by atoms with Gasteiger partial charge in [0.1, 0.15) is 5.65 Å². The Kier molecular flexibility index (Phi) is 4.43. The third kappa shape index (κ3) is 3.47. The van der Waals surface area contributed by atoms with E-state index in [-0.39, 0.29) is 5.91 Å². The van der Waals surface area contributed by atoms with Crippen LogP contribution in [0.15, 0.2) is 24.5 Å². The van der Waals surface area contributed by atoms with E-state index in [0.717, 1.165) is 42.3 Å². The number of nitrogens with one attached hydrogen (secondary N) is 2. The number of rotatable bonds is 4. The molecule has 5 nitrogen and oxygen atoms in total. The number of amides is 1. The fraction of sp³-hybridized carbons (Fsp3) is 0.529. The summed E-state index contributed by atoms with van der Waals surface area (Å²) in [4.78, 5) is 19.5. The molecule has 3 rings (SSSR count). The van der Waals surface area contributed by atoms with Crippen molar-refractivity contribution in [3.05, 3.63) is 30.1 Å². The number of hydrogen-bond donors (Lipinski definition) is 3. The van der Waals surface area contributed by atoms with Gasteiger partial charge in [-0.25, -0.2) is 4.98 Å². The largest absolute Gasteiger partial charge is 0.388 e. The number of carbonyl (C=O) groups excluding carboxylic acids is 1. The lowest BCUT2D eigenvalue weighted by atomic mass is 9.94. The van der Waals surface area contributed by atoms with E-state index >= 15 is 0 Å². The number of carbonyl (C=O) groups is 1. The maximum absolute atomic E-state index is 12.2. The summed E-state index contributed by atoms with van der Waals surface area (Å²) in [7, 11) is 0. The first-order valence-corrected chi connectivity index (χ1v) is 8.06. The molecule has 1 saturated carbocycles. The molecule has 1 aliphatic carbocycles. The predicted octanol–water partition coefficient (Wildman–Crippen LogP) is 2.31. The third-order valence-electron chi connectivity index (χ3n) is 4.54. The highest BCUT2D eigenvalue weighted by Crippen LogP contribution is 2.26. The Morgan fingerprint density at radius 2 is 2.09 bits per heavy atom. The van der Waals surface area contributed by atoms with E-state index in [4.69, 9.17) is 0 Å². The number of aliphatic hydroxyl groups is 1. The fourth-order valence-corrected chi connectivity index (χ4v) is 3.22. The lowest BCUT2D eigenvalue weighted by Crippen LogP contribution is -2.43. The SMILES string of the molecule is O=C(Cc1c[nH]c2ncccc12)NCC1(O)CCCCCC1. The van der Waals surface area contributed by atoms with Crippen LogP contribution in [0.2, 0.25) is 0 Å². The number of H-pyrrole nitrogens is 1. The predicted molar refractivity (Wildman–Crippen MR) is 85.5 cm³/mol. The molecule has 0 unspecified atom stereocenters. The lowest BCUT2D eigenvalue weighted by Gasteiger charge is -2.26. The molecule has 0 spiro atoms. The number of pyridine rings is 1. The molecular formula is C17H23N3O2. The van der Waals surface area contributed by atoms with Crippen LogP contribution in [0.25, 0.3) is 11.0 Å². The summed E-state index contributed by atoms with van der Waals surface area (Å²) >= 11 is 0. The first-order chi connectivity index (χ1) is 10.7. The average Bonchev–Trinajstić information content (AvgIpc) is 2.79. The Morgan fingerprint density at radius 3 is 2.86 bits per heavy atom. The summed E-state index contributed by atoms with van der Waals surface area (Å²) in [5, 5.41) is 14.4. The standard InChI is InChI=1S/C17H23N3O2/c21-15(20-12-17(22)7-3-1-2-4-8-17)10-13-11-19-16-14(13)6-5-9-18-16/h5-6,9,11,22H,1-4,7-8,10,12H2,(H,18,19)(H,20,21). The molecule has 22 heavy (non-hydrogen) atoms. The molecule has 0 bridgehead atoms. The van der Waals surface area contributed by atoms with E-state index in [0.29, 0.717) is 13.0 Å².